The van der Waals surface area contributed by atoms with Gasteiger partial charge in [-0.1, -0.05) is 36.4 Å². The van der Waals surface area contributed by atoms with Gasteiger partial charge >= 0.3 is 0 Å². The fraction of sp³-hybridized carbons (Fsp3) is 0. The maximum Gasteiger partial charge on any atom is 0.259 e. The minimum Gasteiger partial charge on any atom is -0.457 e. The molecule has 3 N–H and O–H groups in total. The van der Waals surface area contributed by atoms with Crippen molar-refractivity contribution in [2.75, 3.05) is 5.32 Å². The van der Waals surface area contributed by atoms with E-state index in [4.69, 9.17) is 10.5 Å². The van der Waals surface area contributed by atoms with Crippen LogP contribution in [0.3, 0.4) is 0 Å². The van der Waals surface area contributed by atoms with E-state index in [0.717, 1.165) is 0 Å². The van der Waals surface area contributed by atoms with Crippen molar-refractivity contribution in [3.05, 3.63) is 90.0 Å². The van der Waals surface area contributed by atoms with Crippen molar-refractivity contribution >= 4 is 17.5 Å². The van der Waals surface area contributed by atoms with Crippen LogP contribution in [0.2, 0.25) is 0 Å². The second kappa shape index (κ2) is 7.31. The van der Waals surface area contributed by atoms with E-state index in [2.05, 4.69) is 5.32 Å². The molecule has 0 bridgehead atoms. The van der Waals surface area contributed by atoms with Crippen molar-refractivity contribution in [2.45, 2.75) is 0 Å². The standard InChI is InChI=1S/C20H16N2O3/c21-19(23)14-7-6-8-15(13-14)22-20(24)17-11-4-5-12-18(17)25-16-9-2-1-3-10-16/h1-13H,(H2,21,23)(H,22,24). The van der Waals surface area contributed by atoms with Crippen LogP contribution in [0.5, 0.6) is 11.5 Å². The zero-order valence-corrected chi connectivity index (χ0v) is 13.3. The zero-order chi connectivity index (χ0) is 17.6. The van der Waals surface area contributed by atoms with E-state index in [1.54, 1.807) is 42.5 Å². The summed E-state index contributed by atoms with van der Waals surface area (Å²) >= 11 is 0. The molecule has 0 aromatic heterocycles. The summed E-state index contributed by atoms with van der Waals surface area (Å²) in [5.74, 6) is 0.188. The molecular weight excluding hydrogens is 316 g/mol. The summed E-state index contributed by atoms with van der Waals surface area (Å²) in [7, 11) is 0. The maximum atomic E-state index is 12.6. The molecule has 3 aromatic rings. The molecule has 0 aliphatic rings. The highest BCUT2D eigenvalue weighted by Gasteiger charge is 2.13. The average molecular weight is 332 g/mol. The van der Waals surface area contributed by atoms with Gasteiger partial charge in [0.1, 0.15) is 11.5 Å². The lowest BCUT2D eigenvalue weighted by molar-refractivity contribution is 0.0995. The summed E-state index contributed by atoms with van der Waals surface area (Å²) in [6.07, 6.45) is 0. The summed E-state index contributed by atoms with van der Waals surface area (Å²) in [6.45, 7) is 0. The Morgan fingerprint density at radius 1 is 0.840 bits per heavy atom. The van der Waals surface area contributed by atoms with Crippen molar-refractivity contribution in [1.29, 1.82) is 0 Å². The monoisotopic (exact) mass is 332 g/mol. The van der Waals surface area contributed by atoms with E-state index in [-0.39, 0.29) is 5.91 Å². The Labute approximate surface area is 145 Å². The lowest BCUT2D eigenvalue weighted by Gasteiger charge is -2.11. The highest BCUT2D eigenvalue weighted by molar-refractivity contribution is 6.06. The number of rotatable bonds is 5. The lowest BCUT2D eigenvalue weighted by Crippen LogP contribution is -2.15. The number of nitrogens with two attached hydrogens (primary N) is 1. The molecule has 0 saturated carbocycles. The van der Waals surface area contributed by atoms with Gasteiger partial charge in [-0.05, 0) is 42.5 Å². The van der Waals surface area contributed by atoms with Crippen molar-refractivity contribution < 1.29 is 14.3 Å². The van der Waals surface area contributed by atoms with Crippen LogP contribution in [-0.4, -0.2) is 11.8 Å². The minimum atomic E-state index is -0.552. The van der Waals surface area contributed by atoms with Crippen LogP contribution in [0.4, 0.5) is 5.69 Å². The van der Waals surface area contributed by atoms with Gasteiger partial charge in [0.05, 0.1) is 5.56 Å². The summed E-state index contributed by atoms with van der Waals surface area (Å²) in [5, 5.41) is 2.75. The van der Waals surface area contributed by atoms with Crippen LogP contribution >= 0.6 is 0 Å². The molecule has 0 spiro atoms. The number of ether oxygens (including phenoxy) is 1. The lowest BCUT2D eigenvalue weighted by atomic mass is 10.1. The molecule has 0 radical (unpaired) electrons. The second-order valence-electron chi connectivity index (χ2n) is 5.31. The number of hydrogen-bond acceptors (Lipinski definition) is 3. The molecule has 3 aromatic carbocycles. The fourth-order valence-corrected chi connectivity index (χ4v) is 2.31. The van der Waals surface area contributed by atoms with Crippen molar-refractivity contribution in [3.8, 4) is 11.5 Å². The van der Waals surface area contributed by atoms with E-state index >= 15 is 0 Å². The van der Waals surface area contributed by atoms with Crippen LogP contribution in [0, 0.1) is 0 Å². The number of nitrogens with one attached hydrogen (secondary N) is 1. The minimum absolute atomic E-state index is 0.326. The first kappa shape index (κ1) is 16.3. The maximum absolute atomic E-state index is 12.6. The summed E-state index contributed by atoms with van der Waals surface area (Å²) in [6, 6.07) is 22.6. The number of para-hydroxylation sites is 2. The first-order valence-corrected chi connectivity index (χ1v) is 7.66. The Morgan fingerprint density at radius 2 is 1.56 bits per heavy atom. The number of carbonyl (C=O) groups is 2. The Hall–Kier alpha value is -3.60. The molecule has 25 heavy (non-hydrogen) atoms. The number of hydrogen-bond donors (Lipinski definition) is 2. The fourth-order valence-electron chi connectivity index (χ4n) is 2.31. The van der Waals surface area contributed by atoms with Crippen LogP contribution < -0.4 is 15.8 Å². The van der Waals surface area contributed by atoms with Crippen LogP contribution in [0.15, 0.2) is 78.9 Å². The number of amides is 2. The third kappa shape index (κ3) is 4.03. The first-order valence-electron chi connectivity index (χ1n) is 7.66. The average Bonchev–Trinajstić information content (AvgIpc) is 2.63. The third-order valence-electron chi connectivity index (χ3n) is 3.51. The van der Waals surface area contributed by atoms with E-state index in [1.165, 1.54) is 6.07 Å². The van der Waals surface area contributed by atoms with Crippen LogP contribution in [0.25, 0.3) is 0 Å². The molecule has 5 heteroatoms. The molecule has 3 rings (SSSR count). The predicted molar refractivity (Wildman–Crippen MR) is 95.9 cm³/mol. The number of primary amides is 1. The Balaban J connectivity index is 1.83. The Morgan fingerprint density at radius 3 is 2.32 bits per heavy atom. The number of benzene rings is 3. The van der Waals surface area contributed by atoms with E-state index in [0.29, 0.717) is 28.3 Å². The van der Waals surface area contributed by atoms with Gasteiger partial charge in [0.25, 0.3) is 5.91 Å². The molecule has 0 fully saturated rings. The van der Waals surface area contributed by atoms with Crippen LogP contribution in [0.1, 0.15) is 20.7 Å². The first-order chi connectivity index (χ1) is 12.1. The molecule has 124 valence electrons. The van der Waals surface area contributed by atoms with Gasteiger partial charge in [0.15, 0.2) is 0 Å². The largest absolute Gasteiger partial charge is 0.457 e. The van der Waals surface area contributed by atoms with Crippen molar-refractivity contribution in [1.82, 2.24) is 0 Å². The summed E-state index contributed by atoms with van der Waals surface area (Å²) in [4.78, 5) is 23.9. The molecule has 2 amide bonds. The number of carbonyl (C=O) groups excluding carboxylic acids is 2. The van der Waals surface area contributed by atoms with Crippen molar-refractivity contribution in [3.63, 3.8) is 0 Å². The Bertz CT molecular complexity index is 908. The molecule has 0 unspecified atom stereocenters. The van der Waals surface area contributed by atoms with Gasteiger partial charge in [-0.15, -0.1) is 0 Å². The highest BCUT2D eigenvalue weighted by atomic mass is 16.5. The van der Waals surface area contributed by atoms with Gasteiger partial charge < -0.3 is 15.8 Å². The number of anilines is 1. The van der Waals surface area contributed by atoms with Gasteiger partial charge in [0.2, 0.25) is 5.91 Å². The normalized spacial score (nSPS) is 10.1. The molecule has 0 aliphatic carbocycles. The van der Waals surface area contributed by atoms with E-state index in [9.17, 15) is 9.59 Å². The SMILES string of the molecule is NC(=O)c1cccc(NC(=O)c2ccccc2Oc2ccccc2)c1. The van der Waals surface area contributed by atoms with Gasteiger partial charge in [-0.25, -0.2) is 0 Å². The summed E-state index contributed by atoms with van der Waals surface area (Å²) in [5.41, 5.74) is 6.46. The molecular formula is C20H16N2O3. The highest BCUT2D eigenvalue weighted by Crippen LogP contribution is 2.26. The third-order valence-corrected chi connectivity index (χ3v) is 3.51. The zero-order valence-electron chi connectivity index (χ0n) is 13.3. The predicted octanol–water partition coefficient (Wildman–Crippen LogP) is 3.83. The van der Waals surface area contributed by atoms with E-state index in [1.807, 2.05) is 30.3 Å². The molecule has 5 nitrogen and oxygen atoms in total. The molecule has 0 saturated heterocycles. The van der Waals surface area contributed by atoms with Gasteiger partial charge in [0, 0.05) is 11.3 Å². The molecule has 0 aliphatic heterocycles. The molecule has 0 atom stereocenters. The van der Waals surface area contributed by atoms with Crippen molar-refractivity contribution in [2.24, 2.45) is 5.73 Å². The van der Waals surface area contributed by atoms with Gasteiger partial charge in [-0.2, -0.15) is 0 Å². The smallest absolute Gasteiger partial charge is 0.259 e. The Kier molecular flexibility index (Phi) is 4.76. The van der Waals surface area contributed by atoms with Crippen LogP contribution in [-0.2, 0) is 0 Å². The molecule has 0 heterocycles. The quantitative estimate of drug-likeness (QED) is 0.745. The topological polar surface area (TPSA) is 81.4 Å². The summed E-state index contributed by atoms with van der Waals surface area (Å²) < 4.78 is 5.80. The van der Waals surface area contributed by atoms with E-state index < -0.39 is 5.91 Å². The second-order valence-corrected chi connectivity index (χ2v) is 5.31. The van der Waals surface area contributed by atoms with Gasteiger partial charge in [-0.3, -0.25) is 9.59 Å².